The number of hydrogen-bond acceptors (Lipinski definition) is 15. The third-order valence-electron chi connectivity index (χ3n) is 19.4. The third kappa shape index (κ3) is 71.5. The number of hydrogen-bond donors (Lipinski definition) is 3. The maximum atomic E-state index is 13.1. The lowest BCUT2D eigenvalue weighted by molar-refractivity contribution is -0.161. The second-order valence-electron chi connectivity index (χ2n) is 29.3. The van der Waals surface area contributed by atoms with Crippen LogP contribution >= 0.6 is 15.6 Å². The molecule has 0 aliphatic rings. The number of aliphatic hydroxyl groups is 1. The number of esters is 4. The van der Waals surface area contributed by atoms with E-state index in [0.29, 0.717) is 25.7 Å². The number of phosphoric acid groups is 2. The van der Waals surface area contributed by atoms with E-state index in [1.807, 2.05) is 0 Å². The Kier molecular flexibility index (Phi) is 70.3. The van der Waals surface area contributed by atoms with Gasteiger partial charge in [-0.15, -0.1) is 0 Å². The first-order valence-corrected chi connectivity index (χ1v) is 44.6. The van der Waals surface area contributed by atoms with Gasteiger partial charge in [0.1, 0.15) is 19.3 Å². The Hall–Kier alpha value is -1.94. The normalized spacial score (nSPS) is 14.5. The van der Waals surface area contributed by atoms with Crippen LogP contribution in [0.4, 0.5) is 0 Å². The number of aliphatic hydroxyl groups excluding tert-OH is 1. The van der Waals surface area contributed by atoms with Crippen molar-refractivity contribution >= 4 is 39.5 Å². The molecule has 0 bridgehead atoms. The molecule has 0 radical (unpaired) electrons. The summed E-state index contributed by atoms with van der Waals surface area (Å²) in [5, 5.41) is 10.6. The highest BCUT2D eigenvalue weighted by Gasteiger charge is 2.30. The Morgan fingerprint density at radius 2 is 0.485 bits per heavy atom. The van der Waals surface area contributed by atoms with Crippen LogP contribution in [0.5, 0.6) is 0 Å². The fourth-order valence-corrected chi connectivity index (χ4v) is 13.9. The Morgan fingerprint density at radius 3 is 0.717 bits per heavy atom. The molecule has 17 nitrogen and oxygen atoms in total. The van der Waals surface area contributed by atoms with E-state index in [4.69, 9.17) is 37.0 Å². The molecule has 0 saturated heterocycles. The maximum absolute atomic E-state index is 13.1. The van der Waals surface area contributed by atoms with Crippen LogP contribution in [-0.4, -0.2) is 96.7 Å². The zero-order chi connectivity index (χ0) is 72.8. The highest BCUT2D eigenvalue weighted by Crippen LogP contribution is 2.45. The predicted molar refractivity (Wildman–Crippen MR) is 405 cm³/mol. The van der Waals surface area contributed by atoms with E-state index in [1.165, 1.54) is 238 Å². The summed E-state index contributed by atoms with van der Waals surface area (Å²) >= 11 is 0. The van der Waals surface area contributed by atoms with Crippen molar-refractivity contribution in [2.75, 3.05) is 39.6 Å². The summed E-state index contributed by atoms with van der Waals surface area (Å²) in [6, 6.07) is 0. The molecule has 4 unspecified atom stereocenters. The Labute approximate surface area is 607 Å². The van der Waals surface area contributed by atoms with E-state index in [-0.39, 0.29) is 25.7 Å². The highest BCUT2D eigenvalue weighted by molar-refractivity contribution is 7.47. The van der Waals surface area contributed by atoms with E-state index in [0.717, 1.165) is 102 Å². The summed E-state index contributed by atoms with van der Waals surface area (Å²) in [4.78, 5) is 72.8. The molecule has 7 atom stereocenters. The molecule has 0 amide bonds. The lowest BCUT2D eigenvalue weighted by Crippen LogP contribution is -2.30. The summed E-state index contributed by atoms with van der Waals surface area (Å²) in [7, 11) is -9.91. The van der Waals surface area contributed by atoms with Gasteiger partial charge in [0.2, 0.25) is 0 Å². The topological polar surface area (TPSA) is 237 Å². The molecule has 588 valence electrons. The largest absolute Gasteiger partial charge is 0.472 e. The number of phosphoric ester groups is 2. The van der Waals surface area contributed by atoms with Crippen LogP contribution in [0.25, 0.3) is 0 Å². The molecule has 0 aromatic heterocycles. The molecule has 0 saturated carbocycles. The number of carbonyl (C=O) groups excluding carboxylic acids is 4. The summed E-state index contributed by atoms with van der Waals surface area (Å²) < 4.78 is 68.6. The van der Waals surface area contributed by atoms with E-state index >= 15 is 0 Å². The van der Waals surface area contributed by atoms with Gasteiger partial charge in [-0.2, -0.15) is 0 Å². The van der Waals surface area contributed by atoms with Crippen LogP contribution < -0.4 is 0 Å². The quantitative estimate of drug-likeness (QED) is 0.0222. The highest BCUT2D eigenvalue weighted by atomic mass is 31.2. The zero-order valence-corrected chi connectivity index (χ0v) is 66.6. The second-order valence-corrected chi connectivity index (χ2v) is 32.2. The summed E-state index contributed by atoms with van der Waals surface area (Å²) in [6.45, 7) is 9.72. The number of unbranched alkanes of at least 4 members (excludes halogenated alkanes) is 47. The lowest BCUT2D eigenvalue weighted by Gasteiger charge is -2.21. The Bertz CT molecular complexity index is 1910. The molecule has 99 heavy (non-hydrogen) atoms. The van der Waals surface area contributed by atoms with E-state index in [1.54, 1.807) is 0 Å². The van der Waals surface area contributed by atoms with Crippen molar-refractivity contribution in [1.29, 1.82) is 0 Å². The van der Waals surface area contributed by atoms with Gasteiger partial charge in [0, 0.05) is 25.7 Å². The smallest absolute Gasteiger partial charge is 0.462 e. The molecular formula is C80H156O17P2. The number of ether oxygens (including phenoxy) is 4. The molecule has 0 heterocycles. The molecule has 0 aromatic rings. The maximum Gasteiger partial charge on any atom is 0.472 e. The van der Waals surface area contributed by atoms with Gasteiger partial charge >= 0.3 is 39.5 Å². The molecule has 0 fully saturated rings. The molecule has 0 aliphatic heterocycles. The van der Waals surface area contributed by atoms with Crippen LogP contribution in [0.15, 0.2) is 0 Å². The Morgan fingerprint density at radius 1 is 0.283 bits per heavy atom. The third-order valence-corrected chi connectivity index (χ3v) is 21.3. The van der Waals surface area contributed by atoms with E-state index in [9.17, 15) is 43.2 Å². The first-order chi connectivity index (χ1) is 47.9. The lowest BCUT2D eigenvalue weighted by atomic mass is 9.99. The number of rotatable bonds is 79. The minimum Gasteiger partial charge on any atom is -0.462 e. The first kappa shape index (κ1) is 97.1. The molecule has 19 heteroatoms. The van der Waals surface area contributed by atoms with Crippen molar-refractivity contribution in [3.63, 3.8) is 0 Å². The molecular weight excluding hydrogens is 1290 g/mol. The predicted octanol–water partition coefficient (Wildman–Crippen LogP) is 23.9. The average molecular weight is 1450 g/mol. The van der Waals surface area contributed by atoms with Crippen molar-refractivity contribution in [1.82, 2.24) is 0 Å². The second kappa shape index (κ2) is 71.7. The van der Waals surface area contributed by atoms with Crippen LogP contribution in [0.2, 0.25) is 0 Å². The van der Waals surface area contributed by atoms with Gasteiger partial charge in [-0.25, -0.2) is 9.13 Å². The minimum absolute atomic E-state index is 0.107. The zero-order valence-electron chi connectivity index (χ0n) is 64.8. The van der Waals surface area contributed by atoms with Crippen molar-refractivity contribution in [2.45, 2.75) is 439 Å². The van der Waals surface area contributed by atoms with Gasteiger partial charge < -0.3 is 33.8 Å². The van der Waals surface area contributed by atoms with E-state index < -0.39 is 97.5 Å². The van der Waals surface area contributed by atoms with Gasteiger partial charge in [0.15, 0.2) is 12.2 Å². The summed E-state index contributed by atoms with van der Waals surface area (Å²) in [5.74, 6) is -0.391. The van der Waals surface area contributed by atoms with Crippen molar-refractivity contribution in [3.8, 4) is 0 Å². The van der Waals surface area contributed by atoms with Crippen molar-refractivity contribution in [3.05, 3.63) is 0 Å². The molecule has 0 aromatic carbocycles. The standard InChI is InChI=1S/C80H156O17P2/c1-7-11-13-15-17-19-39-46-52-58-64-79(84)96-75(68-90-77(82)62-56-50-44-36-18-16-14-12-8-2)70-94-98(86,87)92-66-74(81)67-93-99(88,89)95-71-76(69-91-78(83)63-57-51-45-40-34-30-27-26-29-33-38-43-49-55-61-73(6)10-4)97-80(85)65-59-53-47-41-35-31-25-23-21-20-22-24-28-32-37-42-48-54-60-72(5)9-3/h72-76,81H,7-71H2,1-6H3,(H,86,87)(H,88,89)/t72?,73?,74-,75+,76+/m0/s1. The fourth-order valence-electron chi connectivity index (χ4n) is 12.3. The number of carbonyl (C=O) groups is 4. The van der Waals surface area contributed by atoms with Crippen LogP contribution in [0.1, 0.15) is 420 Å². The van der Waals surface area contributed by atoms with Crippen molar-refractivity contribution in [2.24, 2.45) is 11.8 Å². The van der Waals surface area contributed by atoms with Crippen LogP contribution in [-0.2, 0) is 65.4 Å². The average Bonchev–Trinajstić information content (AvgIpc) is 1.01. The van der Waals surface area contributed by atoms with Crippen LogP contribution in [0, 0.1) is 11.8 Å². The fraction of sp³-hybridized carbons (Fsp3) is 0.950. The first-order valence-electron chi connectivity index (χ1n) is 41.6. The monoisotopic (exact) mass is 1450 g/mol. The van der Waals surface area contributed by atoms with Crippen LogP contribution in [0.3, 0.4) is 0 Å². The SMILES string of the molecule is CCCCCCCCCCCCC(=O)O[C@H](COC(=O)CCCCCCCCCCC)COP(=O)(O)OC[C@H](O)COP(=O)(O)OC[C@@H](COC(=O)CCCCCCCCCCCCCCCCC(C)CC)OC(=O)CCCCCCCCCCCCCCCCCCCCC(C)CC. The van der Waals surface area contributed by atoms with E-state index in [2.05, 4.69) is 41.5 Å². The minimum atomic E-state index is -4.96. The van der Waals surface area contributed by atoms with Gasteiger partial charge in [-0.05, 0) is 37.5 Å². The molecule has 0 rings (SSSR count). The summed E-state index contributed by atoms with van der Waals surface area (Å²) in [6.07, 6.45) is 61.0. The van der Waals surface area contributed by atoms with Gasteiger partial charge in [-0.1, -0.05) is 369 Å². The van der Waals surface area contributed by atoms with Gasteiger partial charge in [0.25, 0.3) is 0 Å². The molecule has 0 spiro atoms. The van der Waals surface area contributed by atoms with Gasteiger partial charge in [-0.3, -0.25) is 37.3 Å². The molecule has 0 aliphatic carbocycles. The molecule has 3 N–H and O–H groups in total. The Balaban J connectivity index is 5.18. The summed E-state index contributed by atoms with van der Waals surface area (Å²) in [5.41, 5.74) is 0. The van der Waals surface area contributed by atoms with Crippen molar-refractivity contribution < 1.29 is 80.2 Å². The van der Waals surface area contributed by atoms with Gasteiger partial charge in [0.05, 0.1) is 26.4 Å².